The fraction of sp³-hybridized carbons (Fsp3) is 0.0833. The van der Waals surface area contributed by atoms with Crippen molar-refractivity contribution in [1.29, 1.82) is 0 Å². The number of benzene rings is 2. The van der Waals surface area contributed by atoms with Crippen molar-refractivity contribution < 1.29 is 9.59 Å². The Bertz CT molecular complexity index is 1220. The second kappa shape index (κ2) is 7.05. The molecule has 4 aliphatic heterocycles. The van der Waals surface area contributed by atoms with Crippen LogP contribution in [0.5, 0.6) is 0 Å². The van der Waals surface area contributed by atoms with E-state index >= 15 is 0 Å². The van der Waals surface area contributed by atoms with E-state index in [4.69, 9.17) is 0 Å². The molecule has 8 nitrogen and oxygen atoms in total. The Morgan fingerprint density at radius 3 is 1.41 bits per heavy atom. The molecule has 2 amide bonds. The van der Waals surface area contributed by atoms with Crippen molar-refractivity contribution in [3.05, 3.63) is 95.8 Å². The zero-order valence-corrected chi connectivity index (χ0v) is 16.7. The molecule has 154 valence electrons. The number of carbonyl (C=O) groups excluding carboxylic acids is 2. The lowest BCUT2D eigenvalue weighted by Crippen LogP contribution is -2.56. The lowest BCUT2D eigenvalue weighted by molar-refractivity contribution is -0.126. The first kappa shape index (κ1) is 18.3. The summed E-state index contributed by atoms with van der Waals surface area (Å²) in [6.45, 7) is 0. The summed E-state index contributed by atoms with van der Waals surface area (Å²) in [6.07, 6.45) is 6.41. The molecule has 0 radical (unpaired) electrons. The number of rotatable bonds is 3. The first-order chi connectivity index (χ1) is 15.7. The van der Waals surface area contributed by atoms with Crippen molar-refractivity contribution in [1.82, 2.24) is 9.80 Å². The summed E-state index contributed by atoms with van der Waals surface area (Å²) in [4.78, 5) is 47.5. The maximum Gasteiger partial charge on any atom is 0.279 e. The van der Waals surface area contributed by atoms with Crippen LogP contribution in [0, 0.1) is 0 Å². The minimum Gasteiger partial charge on any atom is -0.279 e. The molecular formula is C24H16N6O2. The molecule has 32 heavy (non-hydrogen) atoms. The first-order valence-corrected chi connectivity index (χ1v) is 10.1. The topological polar surface area (TPSA) is 90.1 Å². The van der Waals surface area contributed by atoms with Crippen LogP contribution in [-0.4, -0.2) is 57.6 Å². The Morgan fingerprint density at radius 2 is 1.00 bits per heavy atom. The fourth-order valence-corrected chi connectivity index (χ4v) is 4.21. The van der Waals surface area contributed by atoms with Gasteiger partial charge in [0.15, 0.2) is 11.6 Å². The van der Waals surface area contributed by atoms with Gasteiger partial charge in [0.2, 0.25) is 0 Å². The van der Waals surface area contributed by atoms with Crippen molar-refractivity contribution in [3.8, 4) is 0 Å². The predicted octanol–water partition coefficient (Wildman–Crippen LogP) is 2.15. The highest BCUT2D eigenvalue weighted by Gasteiger charge is 2.46. The summed E-state index contributed by atoms with van der Waals surface area (Å²) >= 11 is 0. The van der Waals surface area contributed by atoms with Gasteiger partial charge in [-0.2, -0.15) is 0 Å². The van der Waals surface area contributed by atoms with Gasteiger partial charge in [-0.1, -0.05) is 60.7 Å². The quantitative estimate of drug-likeness (QED) is 0.762. The number of aliphatic imine (C=N–C) groups is 4. The van der Waals surface area contributed by atoms with E-state index in [1.165, 1.54) is 0 Å². The molecule has 0 aliphatic carbocycles. The maximum absolute atomic E-state index is 13.4. The van der Waals surface area contributed by atoms with Gasteiger partial charge in [0.25, 0.3) is 11.8 Å². The summed E-state index contributed by atoms with van der Waals surface area (Å²) < 4.78 is 0. The Hall–Kier alpha value is -4.46. The maximum atomic E-state index is 13.4. The number of fused-ring (bicyclic) bond motifs is 2. The van der Waals surface area contributed by atoms with Gasteiger partial charge in [-0.25, -0.2) is 9.98 Å². The predicted molar refractivity (Wildman–Crippen MR) is 120 cm³/mol. The molecule has 0 saturated carbocycles. The van der Waals surface area contributed by atoms with Crippen LogP contribution < -0.4 is 0 Å². The van der Waals surface area contributed by atoms with Crippen LogP contribution in [0.15, 0.2) is 105 Å². The molecular weight excluding hydrogens is 404 g/mol. The summed E-state index contributed by atoms with van der Waals surface area (Å²) in [5.74, 6) is 0.418. The number of nitrogens with zero attached hydrogens (tertiary/aromatic N) is 6. The van der Waals surface area contributed by atoms with E-state index in [9.17, 15) is 9.59 Å². The van der Waals surface area contributed by atoms with Gasteiger partial charge in [0, 0.05) is 23.6 Å². The Labute approximate surface area is 183 Å². The lowest BCUT2D eigenvalue weighted by Gasteiger charge is -2.37. The average molecular weight is 420 g/mol. The van der Waals surface area contributed by atoms with E-state index in [0.29, 0.717) is 23.1 Å². The van der Waals surface area contributed by atoms with Gasteiger partial charge in [0.1, 0.15) is 11.4 Å². The molecule has 8 heteroatoms. The lowest BCUT2D eigenvalue weighted by atomic mass is 10.0. The van der Waals surface area contributed by atoms with E-state index in [1.54, 1.807) is 34.6 Å². The zero-order valence-electron chi connectivity index (χ0n) is 16.7. The SMILES string of the molecule is O=C1C(c2ccccc2)=NC2=CN=CC(C3C=NC=C4N=C(c5ccccc5)C(=O)N43)N12. The van der Waals surface area contributed by atoms with Crippen LogP contribution in [0.4, 0.5) is 0 Å². The van der Waals surface area contributed by atoms with Gasteiger partial charge >= 0.3 is 0 Å². The van der Waals surface area contributed by atoms with Crippen LogP contribution >= 0.6 is 0 Å². The van der Waals surface area contributed by atoms with Gasteiger partial charge in [-0.3, -0.25) is 29.4 Å². The van der Waals surface area contributed by atoms with Crippen molar-refractivity contribution in [2.24, 2.45) is 20.0 Å². The first-order valence-electron chi connectivity index (χ1n) is 10.1. The molecule has 2 unspecified atom stereocenters. The van der Waals surface area contributed by atoms with Crippen LogP contribution in [0.3, 0.4) is 0 Å². The molecule has 2 atom stereocenters. The molecule has 0 bridgehead atoms. The summed E-state index contributed by atoms with van der Waals surface area (Å²) in [7, 11) is 0. The highest BCUT2D eigenvalue weighted by molar-refractivity contribution is 6.48. The van der Waals surface area contributed by atoms with E-state index < -0.39 is 12.1 Å². The third-order valence-corrected chi connectivity index (χ3v) is 5.69. The summed E-state index contributed by atoms with van der Waals surface area (Å²) in [5, 5.41) is 0. The van der Waals surface area contributed by atoms with Crippen molar-refractivity contribution in [2.45, 2.75) is 12.1 Å². The highest BCUT2D eigenvalue weighted by atomic mass is 16.2. The van der Waals surface area contributed by atoms with E-state index in [1.807, 2.05) is 60.7 Å². The van der Waals surface area contributed by atoms with Gasteiger partial charge in [-0.15, -0.1) is 0 Å². The second-order valence-electron chi connectivity index (χ2n) is 7.56. The van der Waals surface area contributed by atoms with Crippen LogP contribution in [0.25, 0.3) is 0 Å². The molecule has 0 fully saturated rings. The van der Waals surface area contributed by atoms with E-state index in [-0.39, 0.29) is 11.8 Å². The minimum absolute atomic E-state index is 0.237. The Kier molecular flexibility index (Phi) is 4.04. The molecule has 0 aromatic heterocycles. The number of hydrogen-bond donors (Lipinski definition) is 0. The molecule has 2 aromatic rings. The fourth-order valence-electron chi connectivity index (χ4n) is 4.21. The molecule has 0 saturated heterocycles. The molecule has 0 N–H and O–H groups in total. The monoisotopic (exact) mass is 420 g/mol. The minimum atomic E-state index is -0.561. The molecule has 2 aromatic carbocycles. The Balaban J connectivity index is 1.33. The van der Waals surface area contributed by atoms with Crippen LogP contribution in [0.2, 0.25) is 0 Å². The molecule has 4 heterocycles. The zero-order chi connectivity index (χ0) is 21.7. The second-order valence-corrected chi connectivity index (χ2v) is 7.56. The number of amides is 2. The standard InChI is InChI=1S/C24H16N6O2/c31-23-21(15-7-3-1-4-8-15)27-19-13-25-11-17(29(19)23)18-12-26-14-20-28-22(24(32)30(18)20)16-9-5-2-6-10-16/h1-14,17-18H. The molecule has 6 rings (SSSR count). The summed E-state index contributed by atoms with van der Waals surface area (Å²) in [5.41, 5.74) is 2.17. The largest absolute Gasteiger partial charge is 0.279 e. The highest BCUT2D eigenvalue weighted by Crippen LogP contribution is 2.32. The van der Waals surface area contributed by atoms with Crippen molar-refractivity contribution >= 4 is 35.7 Å². The summed E-state index contributed by atoms with van der Waals surface area (Å²) in [6, 6.07) is 17.5. The third-order valence-electron chi connectivity index (χ3n) is 5.69. The smallest absolute Gasteiger partial charge is 0.279 e. The van der Waals surface area contributed by atoms with Gasteiger partial charge in [-0.05, 0) is 0 Å². The average Bonchev–Trinajstić information content (AvgIpc) is 3.37. The van der Waals surface area contributed by atoms with Crippen LogP contribution in [0.1, 0.15) is 11.1 Å². The van der Waals surface area contributed by atoms with E-state index in [0.717, 1.165) is 11.1 Å². The van der Waals surface area contributed by atoms with E-state index in [2.05, 4.69) is 20.0 Å². The van der Waals surface area contributed by atoms with Crippen LogP contribution in [-0.2, 0) is 9.59 Å². The third kappa shape index (κ3) is 2.70. The number of carbonyl (C=O) groups is 2. The van der Waals surface area contributed by atoms with Crippen molar-refractivity contribution in [3.63, 3.8) is 0 Å². The Morgan fingerprint density at radius 1 is 0.594 bits per heavy atom. The number of hydrogen-bond acceptors (Lipinski definition) is 6. The van der Waals surface area contributed by atoms with Gasteiger partial charge < -0.3 is 0 Å². The molecule has 4 aliphatic rings. The normalized spacial score (nSPS) is 23.5. The van der Waals surface area contributed by atoms with Gasteiger partial charge in [0.05, 0.1) is 24.5 Å². The molecule has 0 spiro atoms. The van der Waals surface area contributed by atoms with Crippen molar-refractivity contribution in [2.75, 3.05) is 0 Å².